The summed E-state index contributed by atoms with van der Waals surface area (Å²) in [6.45, 7) is 0.818. The van der Waals surface area contributed by atoms with Gasteiger partial charge in [-0.15, -0.1) is 0 Å². The Morgan fingerprint density at radius 3 is 2.62 bits per heavy atom. The molecule has 0 fully saturated rings. The topological polar surface area (TPSA) is 37.4 Å². The van der Waals surface area contributed by atoms with Crippen LogP contribution in [0.2, 0.25) is 0 Å². The van der Waals surface area contributed by atoms with Gasteiger partial charge in [-0.1, -0.05) is 6.07 Å². The number of pyridine rings is 1. The van der Waals surface area contributed by atoms with Gasteiger partial charge in [0.25, 0.3) is 0 Å². The zero-order chi connectivity index (χ0) is 15.1. The van der Waals surface area contributed by atoms with Crippen molar-refractivity contribution in [1.82, 2.24) is 9.88 Å². The number of methoxy groups -OCH3 is 1. The lowest BCUT2D eigenvalue weighted by Gasteiger charge is -2.21. The summed E-state index contributed by atoms with van der Waals surface area (Å²) in [5.74, 6) is 0.829. The average Bonchev–Trinajstić information content (AvgIpc) is 2.54. The summed E-state index contributed by atoms with van der Waals surface area (Å²) >= 11 is 5.40. The second-order valence-electron chi connectivity index (χ2n) is 4.65. The van der Waals surface area contributed by atoms with Gasteiger partial charge in [-0.05, 0) is 48.6 Å². The maximum atomic E-state index is 5.40. The van der Waals surface area contributed by atoms with E-state index in [1.54, 1.807) is 7.11 Å². The molecule has 4 nitrogen and oxygen atoms in total. The van der Waals surface area contributed by atoms with Gasteiger partial charge in [-0.2, -0.15) is 0 Å². The van der Waals surface area contributed by atoms with Crippen LogP contribution in [-0.4, -0.2) is 35.7 Å². The van der Waals surface area contributed by atoms with E-state index in [4.69, 9.17) is 17.0 Å². The number of hydrogen-bond acceptors (Lipinski definition) is 3. The minimum absolute atomic E-state index is 0.691. The first-order valence-corrected chi connectivity index (χ1v) is 7.16. The Morgan fingerprint density at radius 2 is 2.00 bits per heavy atom. The van der Waals surface area contributed by atoms with Gasteiger partial charge in [0.1, 0.15) is 5.75 Å². The highest BCUT2D eigenvalue weighted by Crippen LogP contribution is 2.15. The molecule has 5 heteroatoms. The molecule has 0 radical (unpaired) electrons. The summed E-state index contributed by atoms with van der Waals surface area (Å²) in [5, 5.41) is 3.90. The average molecular weight is 301 g/mol. The highest BCUT2D eigenvalue weighted by molar-refractivity contribution is 7.80. The summed E-state index contributed by atoms with van der Waals surface area (Å²) in [4.78, 5) is 6.32. The van der Waals surface area contributed by atoms with Crippen molar-refractivity contribution < 1.29 is 4.74 Å². The number of aromatic nitrogens is 1. The molecule has 21 heavy (non-hydrogen) atoms. The van der Waals surface area contributed by atoms with Gasteiger partial charge >= 0.3 is 0 Å². The lowest BCUT2D eigenvalue weighted by Crippen LogP contribution is -2.32. The van der Waals surface area contributed by atoms with Crippen LogP contribution in [0.1, 0.15) is 5.69 Å². The normalized spacial score (nSPS) is 10.0. The smallest absolute Gasteiger partial charge is 0.173 e. The molecule has 2 aromatic rings. The molecule has 0 aliphatic heterocycles. The molecule has 1 heterocycles. The van der Waals surface area contributed by atoms with E-state index in [-0.39, 0.29) is 0 Å². The maximum Gasteiger partial charge on any atom is 0.173 e. The van der Waals surface area contributed by atoms with E-state index < -0.39 is 0 Å². The minimum Gasteiger partial charge on any atom is -0.497 e. The first kappa shape index (κ1) is 15.3. The lowest BCUT2D eigenvalue weighted by atomic mass is 10.2. The third kappa shape index (κ3) is 4.72. The molecular weight excluding hydrogens is 282 g/mol. The number of thiocarbonyl (C=S) groups is 1. The summed E-state index contributed by atoms with van der Waals surface area (Å²) in [5.41, 5.74) is 2.02. The van der Waals surface area contributed by atoms with E-state index in [9.17, 15) is 0 Å². The van der Waals surface area contributed by atoms with Gasteiger partial charge < -0.3 is 15.0 Å². The monoisotopic (exact) mass is 301 g/mol. The van der Waals surface area contributed by atoms with Gasteiger partial charge in [-0.3, -0.25) is 4.98 Å². The van der Waals surface area contributed by atoms with Crippen LogP contribution in [0.4, 0.5) is 5.69 Å². The quantitative estimate of drug-likeness (QED) is 0.859. The molecule has 110 valence electrons. The van der Waals surface area contributed by atoms with E-state index in [2.05, 4.69) is 10.3 Å². The van der Waals surface area contributed by atoms with Crippen LogP contribution in [0.15, 0.2) is 48.7 Å². The number of anilines is 1. The molecule has 0 saturated heterocycles. The summed E-state index contributed by atoms with van der Waals surface area (Å²) in [6.07, 6.45) is 2.67. The minimum atomic E-state index is 0.691. The lowest BCUT2D eigenvalue weighted by molar-refractivity contribution is 0.415. The van der Waals surface area contributed by atoms with E-state index in [1.807, 2.05) is 60.6 Å². The zero-order valence-corrected chi connectivity index (χ0v) is 13.1. The summed E-state index contributed by atoms with van der Waals surface area (Å²) in [7, 11) is 3.63. The highest BCUT2D eigenvalue weighted by atomic mass is 32.1. The summed E-state index contributed by atoms with van der Waals surface area (Å²) < 4.78 is 5.13. The number of nitrogens with zero attached hydrogens (tertiary/aromatic N) is 2. The van der Waals surface area contributed by atoms with Crippen LogP contribution < -0.4 is 10.1 Å². The Balaban J connectivity index is 1.84. The molecule has 2 rings (SSSR count). The number of rotatable bonds is 5. The zero-order valence-electron chi connectivity index (χ0n) is 12.2. The summed E-state index contributed by atoms with van der Waals surface area (Å²) in [6, 6.07) is 13.6. The highest BCUT2D eigenvalue weighted by Gasteiger charge is 2.05. The van der Waals surface area contributed by atoms with Crippen molar-refractivity contribution in [2.24, 2.45) is 0 Å². The fourth-order valence-electron chi connectivity index (χ4n) is 1.82. The van der Waals surface area contributed by atoms with Crippen molar-refractivity contribution >= 4 is 23.0 Å². The van der Waals surface area contributed by atoms with Crippen molar-refractivity contribution in [3.63, 3.8) is 0 Å². The SMILES string of the molecule is COc1ccc(NC(=S)N(C)CCc2ccccn2)cc1. The second-order valence-corrected chi connectivity index (χ2v) is 5.04. The third-order valence-corrected chi connectivity index (χ3v) is 3.53. The third-order valence-electron chi connectivity index (χ3n) is 3.12. The number of nitrogens with one attached hydrogen (secondary N) is 1. The van der Waals surface area contributed by atoms with Crippen molar-refractivity contribution in [3.05, 3.63) is 54.4 Å². The van der Waals surface area contributed by atoms with E-state index >= 15 is 0 Å². The van der Waals surface area contributed by atoms with Gasteiger partial charge in [0.05, 0.1) is 7.11 Å². The fraction of sp³-hybridized carbons (Fsp3) is 0.250. The van der Waals surface area contributed by atoms with Crippen molar-refractivity contribution in [2.45, 2.75) is 6.42 Å². The van der Waals surface area contributed by atoms with E-state index in [1.165, 1.54) is 0 Å². The molecule has 0 atom stereocenters. The molecule has 0 amide bonds. The molecule has 1 aromatic heterocycles. The van der Waals surface area contributed by atoms with Crippen molar-refractivity contribution in [3.8, 4) is 5.75 Å². The van der Waals surface area contributed by atoms with Crippen LogP contribution in [0, 0.1) is 0 Å². The Hall–Kier alpha value is -2.14. The van der Waals surface area contributed by atoms with Crippen molar-refractivity contribution in [2.75, 3.05) is 26.0 Å². The van der Waals surface area contributed by atoms with E-state index in [0.717, 1.165) is 30.1 Å². The molecule has 0 unspecified atom stereocenters. The Morgan fingerprint density at radius 1 is 1.24 bits per heavy atom. The molecule has 0 saturated carbocycles. The number of likely N-dealkylation sites (N-methyl/N-ethyl adjacent to an activating group) is 1. The predicted octanol–water partition coefficient (Wildman–Crippen LogP) is 2.96. The molecular formula is C16H19N3OS. The van der Waals surface area contributed by atoms with Crippen LogP contribution >= 0.6 is 12.2 Å². The van der Waals surface area contributed by atoms with Gasteiger partial charge in [-0.25, -0.2) is 0 Å². The molecule has 1 N–H and O–H groups in total. The molecule has 0 aliphatic rings. The second kappa shape index (κ2) is 7.59. The van der Waals surface area contributed by atoms with E-state index in [0.29, 0.717) is 5.11 Å². The van der Waals surface area contributed by atoms with Crippen LogP contribution in [0.3, 0.4) is 0 Å². The van der Waals surface area contributed by atoms with Crippen LogP contribution in [0.25, 0.3) is 0 Å². The molecule has 1 aromatic carbocycles. The largest absolute Gasteiger partial charge is 0.497 e. The Kier molecular flexibility index (Phi) is 5.51. The van der Waals surface area contributed by atoms with Gasteiger partial charge in [0, 0.05) is 37.6 Å². The van der Waals surface area contributed by atoms with Crippen LogP contribution in [0.5, 0.6) is 5.75 Å². The number of benzene rings is 1. The number of ether oxygens (including phenoxy) is 1. The first-order valence-electron chi connectivity index (χ1n) is 6.75. The predicted molar refractivity (Wildman–Crippen MR) is 89.8 cm³/mol. The fourth-order valence-corrected chi connectivity index (χ4v) is 2.03. The number of hydrogen-bond donors (Lipinski definition) is 1. The van der Waals surface area contributed by atoms with Gasteiger partial charge in [0.2, 0.25) is 0 Å². The first-order chi connectivity index (χ1) is 10.2. The standard InChI is InChI=1S/C16H19N3OS/c1-19(12-10-13-5-3-4-11-17-13)16(21)18-14-6-8-15(20-2)9-7-14/h3-9,11H,10,12H2,1-2H3,(H,18,21). The molecule has 0 aliphatic carbocycles. The Labute approximate surface area is 130 Å². The Bertz CT molecular complexity index is 572. The van der Waals surface area contributed by atoms with Gasteiger partial charge in [0.15, 0.2) is 5.11 Å². The molecule has 0 spiro atoms. The van der Waals surface area contributed by atoms with Crippen LogP contribution in [-0.2, 0) is 6.42 Å². The van der Waals surface area contributed by atoms with Crippen molar-refractivity contribution in [1.29, 1.82) is 0 Å². The molecule has 0 bridgehead atoms. The maximum absolute atomic E-state index is 5.40.